The Morgan fingerprint density at radius 2 is 1.49 bits per heavy atom. The van der Waals surface area contributed by atoms with E-state index in [-0.39, 0.29) is 22.1 Å². The van der Waals surface area contributed by atoms with Crippen LogP contribution in [0.5, 0.6) is 0 Å². The summed E-state index contributed by atoms with van der Waals surface area (Å²) in [4.78, 5) is 38.2. The van der Waals surface area contributed by atoms with Crippen LogP contribution in [0.15, 0.2) is 66.7 Å². The van der Waals surface area contributed by atoms with Crippen molar-refractivity contribution < 1.29 is 27.6 Å². The molecule has 0 aliphatic carbocycles. The van der Waals surface area contributed by atoms with Crippen molar-refractivity contribution in [3.63, 3.8) is 0 Å². The van der Waals surface area contributed by atoms with E-state index in [1.54, 1.807) is 0 Å². The average molecular weight is 570 g/mol. The first kappa shape index (κ1) is 26.3. The van der Waals surface area contributed by atoms with Gasteiger partial charge in [-0.05, 0) is 60.7 Å². The molecule has 0 unspecified atom stereocenters. The van der Waals surface area contributed by atoms with Crippen molar-refractivity contribution in [2.24, 2.45) is 0 Å². The van der Waals surface area contributed by atoms with E-state index in [0.717, 1.165) is 16.8 Å². The van der Waals surface area contributed by atoms with E-state index in [1.807, 2.05) is 0 Å². The Morgan fingerprint density at radius 3 is 2.19 bits per heavy atom. The van der Waals surface area contributed by atoms with Gasteiger partial charge in [-0.3, -0.25) is 19.8 Å². The lowest BCUT2D eigenvalue weighted by molar-refractivity contribution is -0.137. The number of alkyl halides is 3. The highest BCUT2D eigenvalue weighted by Gasteiger charge is 2.30. The lowest BCUT2D eigenvalue weighted by atomic mass is 10.2. The topological polar surface area (TPSA) is 92.2 Å². The van der Waals surface area contributed by atoms with Crippen LogP contribution >= 0.6 is 34.8 Å². The molecule has 0 radical (unpaired) electrons. The number of rotatable bonds is 4. The first-order valence-electron chi connectivity index (χ1n) is 10.3. The van der Waals surface area contributed by atoms with Crippen LogP contribution in [0.2, 0.25) is 15.1 Å². The number of fused-ring (bicyclic) bond motifs is 1. The van der Waals surface area contributed by atoms with Gasteiger partial charge in [-0.25, -0.2) is 4.68 Å². The molecular formula is C24H14Cl3F3N4O3. The highest BCUT2D eigenvalue weighted by atomic mass is 35.5. The third-order valence-corrected chi connectivity index (χ3v) is 5.83. The number of benzene rings is 3. The minimum absolute atomic E-state index is 0.0940. The third kappa shape index (κ3) is 5.99. The zero-order chi connectivity index (χ0) is 26.9. The Labute approximate surface area is 222 Å². The van der Waals surface area contributed by atoms with E-state index in [0.29, 0.717) is 27.0 Å². The fourth-order valence-electron chi connectivity index (χ4n) is 3.36. The highest BCUT2D eigenvalue weighted by Crippen LogP contribution is 2.31. The molecule has 3 N–H and O–H groups in total. The molecule has 0 bridgehead atoms. The summed E-state index contributed by atoms with van der Waals surface area (Å²) in [5, 5.41) is 6.03. The Morgan fingerprint density at radius 1 is 0.784 bits per heavy atom. The minimum Gasteiger partial charge on any atom is -0.319 e. The number of carbonyl (C=O) groups is 3. The fraction of sp³-hybridized carbons (Fsp3) is 0.0417. The SMILES string of the molecule is O=C(Nc1cccc(C(F)(F)F)c1)C(=O)Nn1c(C(=O)Nc2ccc(Cl)cc2Cl)cc2cc(Cl)ccc21. The maximum absolute atomic E-state index is 13.1. The number of nitrogens with zero attached hydrogens (tertiary/aromatic N) is 1. The van der Waals surface area contributed by atoms with Crippen LogP contribution < -0.4 is 16.1 Å². The van der Waals surface area contributed by atoms with Gasteiger partial charge in [0.25, 0.3) is 5.91 Å². The first-order chi connectivity index (χ1) is 17.4. The Hall–Kier alpha value is -3.73. The van der Waals surface area contributed by atoms with Gasteiger partial charge in [0.1, 0.15) is 5.69 Å². The van der Waals surface area contributed by atoms with Gasteiger partial charge in [0.2, 0.25) is 0 Å². The number of halogens is 6. The van der Waals surface area contributed by atoms with Gasteiger partial charge in [0.15, 0.2) is 0 Å². The quantitative estimate of drug-likeness (QED) is 0.242. The number of hydrogen-bond acceptors (Lipinski definition) is 3. The van der Waals surface area contributed by atoms with Gasteiger partial charge in [-0.1, -0.05) is 40.9 Å². The molecule has 3 aromatic carbocycles. The number of anilines is 2. The van der Waals surface area contributed by atoms with Crippen molar-refractivity contribution in [2.75, 3.05) is 16.1 Å². The van der Waals surface area contributed by atoms with Crippen molar-refractivity contribution in [3.05, 3.63) is 93.1 Å². The van der Waals surface area contributed by atoms with Gasteiger partial charge in [0, 0.05) is 21.1 Å². The molecular weight excluding hydrogens is 556 g/mol. The summed E-state index contributed by atoms with van der Waals surface area (Å²) in [6.07, 6.45) is -4.64. The molecule has 3 amide bonds. The van der Waals surface area contributed by atoms with Gasteiger partial charge >= 0.3 is 18.0 Å². The van der Waals surface area contributed by atoms with E-state index in [9.17, 15) is 27.6 Å². The maximum Gasteiger partial charge on any atom is 0.416 e. The maximum atomic E-state index is 13.1. The molecule has 0 saturated carbocycles. The van der Waals surface area contributed by atoms with Crippen LogP contribution in [0.4, 0.5) is 24.5 Å². The summed E-state index contributed by atoms with van der Waals surface area (Å²) in [6.45, 7) is 0. The number of amides is 3. The molecule has 0 spiro atoms. The summed E-state index contributed by atoms with van der Waals surface area (Å²) in [5.41, 5.74) is 1.51. The van der Waals surface area contributed by atoms with Crippen molar-refractivity contribution in [2.45, 2.75) is 6.18 Å². The van der Waals surface area contributed by atoms with Crippen molar-refractivity contribution in [3.8, 4) is 0 Å². The second-order valence-electron chi connectivity index (χ2n) is 7.62. The molecule has 4 rings (SSSR count). The highest BCUT2D eigenvalue weighted by molar-refractivity contribution is 6.42. The summed E-state index contributed by atoms with van der Waals surface area (Å²) >= 11 is 18.1. The first-order valence-corrected chi connectivity index (χ1v) is 11.4. The summed E-state index contributed by atoms with van der Waals surface area (Å²) in [5.74, 6) is -3.21. The van der Waals surface area contributed by atoms with E-state index in [4.69, 9.17) is 34.8 Å². The largest absolute Gasteiger partial charge is 0.416 e. The second-order valence-corrected chi connectivity index (χ2v) is 8.90. The van der Waals surface area contributed by atoms with E-state index < -0.39 is 29.5 Å². The molecule has 0 saturated heterocycles. The Bertz CT molecular complexity index is 1550. The van der Waals surface area contributed by atoms with Crippen molar-refractivity contribution in [1.29, 1.82) is 0 Å². The lowest BCUT2D eigenvalue weighted by Gasteiger charge is -2.14. The van der Waals surface area contributed by atoms with Crippen LogP contribution in [0.1, 0.15) is 16.1 Å². The number of carbonyl (C=O) groups excluding carboxylic acids is 3. The van der Waals surface area contributed by atoms with Crippen molar-refractivity contribution in [1.82, 2.24) is 4.68 Å². The zero-order valence-corrected chi connectivity index (χ0v) is 20.6. The van der Waals surface area contributed by atoms with Gasteiger partial charge < -0.3 is 10.6 Å². The predicted octanol–water partition coefficient (Wildman–Crippen LogP) is 6.58. The number of hydrogen-bond donors (Lipinski definition) is 3. The standard InChI is InChI=1S/C24H14Cl3F3N4O3/c25-14-5-7-19-12(8-14)9-20(21(35)32-18-6-4-15(26)11-17(18)27)34(19)33-23(37)22(36)31-16-3-1-2-13(10-16)24(28,29)30/h1-11H,(H,31,36)(H,32,35)(H,33,37). The molecule has 1 aromatic heterocycles. The van der Waals surface area contributed by atoms with Crippen LogP contribution in [0.3, 0.4) is 0 Å². The van der Waals surface area contributed by atoms with Crippen LogP contribution in [0, 0.1) is 0 Å². The smallest absolute Gasteiger partial charge is 0.319 e. The van der Waals surface area contributed by atoms with Gasteiger partial charge in [-0.15, -0.1) is 0 Å². The molecule has 37 heavy (non-hydrogen) atoms. The van der Waals surface area contributed by atoms with Crippen LogP contribution in [-0.2, 0) is 15.8 Å². The van der Waals surface area contributed by atoms with Gasteiger partial charge in [0.05, 0.1) is 21.8 Å². The monoisotopic (exact) mass is 568 g/mol. The molecule has 0 aliphatic rings. The average Bonchev–Trinajstić information content (AvgIpc) is 3.17. The number of aromatic nitrogens is 1. The molecule has 4 aromatic rings. The second kappa shape index (κ2) is 10.3. The summed E-state index contributed by atoms with van der Waals surface area (Å²) in [6, 6.07) is 14.2. The van der Waals surface area contributed by atoms with Crippen LogP contribution in [0.25, 0.3) is 10.9 Å². The molecule has 13 heteroatoms. The minimum atomic E-state index is -4.64. The summed E-state index contributed by atoms with van der Waals surface area (Å²) < 4.78 is 39.9. The van der Waals surface area contributed by atoms with Crippen molar-refractivity contribution >= 4 is 74.8 Å². The van der Waals surface area contributed by atoms with E-state index in [1.165, 1.54) is 48.5 Å². The molecule has 190 valence electrons. The van der Waals surface area contributed by atoms with Gasteiger partial charge in [-0.2, -0.15) is 13.2 Å². The lowest BCUT2D eigenvalue weighted by Crippen LogP contribution is -2.36. The van der Waals surface area contributed by atoms with E-state index in [2.05, 4.69) is 16.1 Å². The predicted molar refractivity (Wildman–Crippen MR) is 136 cm³/mol. The molecule has 0 fully saturated rings. The Balaban J connectivity index is 1.61. The summed E-state index contributed by atoms with van der Waals surface area (Å²) in [7, 11) is 0. The molecule has 1 heterocycles. The van der Waals surface area contributed by atoms with Crippen LogP contribution in [-0.4, -0.2) is 22.4 Å². The van der Waals surface area contributed by atoms with E-state index >= 15 is 0 Å². The normalized spacial score (nSPS) is 11.3. The Kier molecular flexibility index (Phi) is 7.35. The third-order valence-electron chi connectivity index (χ3n) is 5.04. The zero-order valence-electron chi connectivity index (χ0n) is 18.3. The molecule has 0 atom stereocenters. The fourth-order valence-corrected chi connectivity index (χ4v) is 4.00. The number of nitrogens with one attached hydrogen (secondary N) is 3. The molecule has 7 nitrogen and oxygen atoms in total. The molecule has 0 aliphatic heterocycles.